The fourth-order valence-electron chi connectivity index (χ4n) is 0.766. The molecule has 0 atom stereocenters. The van der Waals surface area contributed by atoms with Crippen LogP contribution >= 0.6 is 0 Å². The second kappa shape index (κ2) is 3.04. The minimum Gasteiger partial charge on any atom is -0.372 e. The molecule has 6 heteroatoms. The standard InChI is InChI=1S/C6H9N5O/c1-9-5-3(4(7)12)2-10-6(8)11-5/h2H,1H3,(H2,7,12)(H3,8,9,10,11). The summed E-state index contributed by atoms with van der Waals surface area (Å²) in [5, 5.41) is 2.69. The first-order chi connectivity index (χ1) is 5.65. The summed E-state index contributed by atoms with van der Waals surface area (Å²) in [5.41, 5.74) is 10.6. The van der Waals surface area contributed by atoms with E-state index in [-0.39, 0.29) is 11.5 Å². The van der Waals surface area contributed by atoms with Crippen LogP contribution in [0.4, 0.5) is 11.8 Å². The van der Waals surface area contributed by atoms with Gasteiger partial charge in [-0.1, -0.05) is 0 Å². The SMILES string of the molecule is CNc1nc(N)ncc1C(N)=O. The second-order valence-corrected chi connectivity index (χ2v) is 2.10. The van der Waals surface area contributed by atoms with Gasteiger partial charge in [0.15, 0.2) is 0 Å². The van der Waals surface area contributed by atoms with Crippen molar-refractivity contribution in [3.8, 4) is 0 Å². The third kappa shape index (κ3) is 1.42. The predicted octanol–water partition coefficient (Wildman–Crippen LogP) is -0.801. The molecule has 0 fully saturated rings. The number of nitrogen functional groups attached to an aromatic ring is 1. The van der Waals surface area contributed by atoms with E-state index in [2.05, 4.69) is 15.3 Å². The molecule has 0 bridgehead atoms. The highest BCUT2D eigenvalue weighted by molar-refractivity contribution is 5.97. The number of hydrogen-bond acceptors (Lipinski definition) is 5. The van der Waals surface area contributed by atoms with Crippen LogP contribution in [-0.2, 0) is 0 Å². The number of nitrogens with one attached hydrogen (secondary N) is 1. The lowest BCUT2D eigenvalue weighted by atomic mass is 10.3. The van der Waals surface area contributed by atoms with E-state index >= 15 is 0 Å². The molecule has 0 saturated heterocycles. The topological polar surface area (TPSA) is 107 Å². The van der Waals surface area contributed by atoms with E-state index in [0.29, 0.717) is 5.82 Å². The number of anilines is 2. The van der Waals surface area contributed by atoms with Crippen molar-refractivity contribution >= 4 is 17.7 Å². The van der Waals surface area contributed by atoms with E-state index in [1.165, 1.54) is 6.20 Å². The number of hydrogen-bond donors (Lipinski definition) is 3. The molecule has 1 aromatic rings. The summed E-state index contributed by atoms with van der Waals surface area (Å²) in [6.45, 7) is 0. The number of nitrogens with two attached hydrogens (primary N) is 2. The van der Waals surface area contributed by atoms with Crippen LogP contribution in [0.5, 0.6) is 0 Å². The van der Waals surface area contributed by atoms with Gasteiger partial charge in [0, 0.05) is 13.2 Å². The van der Waals surface area contributed by atoms with E-state index in [0.717, 1.165) is 0 Å². The maximum Gasteiger partial charge on any atom is 0.254 e. The Hall–Kier alpha value is -1.85. The van der Waals surface area contributed by atoms with Gasteiger partial charge in [0.2, 0.25) is 5.95 Å². The summed E-state index contributed by atoms with van der Waals surface area (Å²) in [6, 6.07) is 0. The van der Waals surface area contributed by atoms with Crippen molar-refractivity contribution in [2.24, 2.45) is 5.73 Å². The first-order valence-electron chi connectivity index (χ1n) is 3.25. The van der Waals surface area contributed by atoms with Gasteiger partial charge in [-0.15, -0.1) is 0 Å². The number of aromatic nitrogens is 2. The minimum atomic E-state index is -0.584. The van der Waals surface area contributed by atoms with Gasteiger partial charge >= 0.3 is 0 Å². The zero-order valence-electron chi connectivity index (χ0n) is 6.53. The maximum absolute atomic E-state index is 10.8. The molecule has 6 nitrogen and oxygen atoms in total. The molecule has 0 spiro atoms. The van der Waals surface area contributed by atoms with Crippen LogP contribution in [0.2, 0.25) is 0 Å². The molecule has 64 valence electrons. The van der Waals surface area contributed by atoms with Crippen LogP contribution in [0, 0.1) is 0 Å². The van der Waals surface area contributed by atoms with Crippen molar-refractivity contribution in [2.45, 2.75) is 0 Å². The van der Waals surface area contributed by atoms with Crippen LogP contribution in [0.25, 0.3) is 0 Å². The first kappa shape index (κ1) is 8.25. The van der Waals surface area contributed by atoms with Gasteiger partial charge in [-0.2, -0.15) is 4.98 Å². The van der Waals surface area contributed by atoms with Crippen LogP contribution in [-0.4, -0.2) is 22.9 Å². The van der Waals surface area contributed by atoms with Gasteiger partial charge in [0.25, 0.3) is 5.91 Å². The molecular weight excluding hydrogens is 158 g/mol. The van der Waals surface area contributed by atoms with Gasteiger partial charge in [-0.3, -0.25) is 4.79 Å². The average molecular weight is 167 g/mol. The summed E-state index contributed by atoms with van der Waals surface area (Å²) in [5.74, 6) is -0.140. The summed E-state index contributed by atoms with van der Waals surface area (Å²) >= 11 is 0. The lowest BCUT2D eigenvalue weighted by molar-refractivity contribution is 0.100. The fourth-order valence-corrected chi connectivity index (χ4v) is 0.766. The zero-order valence-corrected chi connectivity index (χ0v) is 6.53. The zero-order chi connectivity index (χ0) is 9.14. The Morgan fingerprint density at radius 3 is 2.83 bits per heavy atom. The van der Waals surface area contributed by atoms with Crippen LogP contribution in [0.1, 0.15) is 10.4 Å². The molecule has 0 unspecified atom stereocenters. The van der Waals surface area contributed by atoms with Crippen molar-refractivity contribution in [3.63, 3.8) is 0 Å². The molecular formula is C6H9N5O. The smallest absolute Gasteiger partial charge is 0.254 e. The number of carbonyl (C=O) groups is 1. The van der Waals surface area contributed by atoms with E-state index in [1.54, 1.807) is 7.05 Å². The summed E-state index contributed by atoms with van der Waals surface area (Å²) in [6.07, 6.45) is 1.29. The Labute approximate surface area is 69.0 Å². The molecule has 0 radical (unpaired) electrons. The maximum atomic E-state index is 10.8. The second-order valence-electron chi connectivity index (χ2n) is 2.10. The van der Waals surface area contributed by atoms with Crippen LogP contribution in [0.3, 0.4) is 0 Å². The van der Waals surface area contributed by atoms with E-state index < -0.39 is 5.91 Å². The minimum absolute atomic E-state index is 0.101. The molecule has 1 aromatic heterocycles. The van der Waals surface area contributed by atoms with Crippen LogP contribution in [0.15, 0.2) is 6.20 Å². The number of primary amides is 1. The largest absolute Gasteiger partial charge is 0.372 e. The number of rotatable bonds is 2. The lowest BCUT2D eigenvalue weighted by Gasteiger charge is -2.03. The van der Waals surface area contributed by atoms with Gasteiger partial charge in [-0.25, -0.2) is 4.98 Å². The van der Waals surface area contributed by atoms with E-state index in [1.807, 2.05) is 0 Å². The van der Waals surface area contributed by atoms with E-state index in [9.17, 15) is 4.79 Å². The van der Waals surface area contributed by atoms with Crippen molar-refractivity contribution in [3.05, 3.63) is 11.8 Å². The number of amides is 1. The first-order valence-corrected chi connectivity index (χ1v) is 3.25. The third-order valence-electron chi connectivity index (χ3n) is 1.31. The Kier molecular flexibility index (Phi) is 2.09. The van der Waals surface area contributed by atoms with Gasteiger partial charge < -0.3 is 16.8 Å². The Morgan fingerprint density at radius 1 is 1.67 bits per heavy atom. The van der Waals surface area contributed by atoms with Crippen molar-refractivity contribution in [1.29, 1.82) is 0 Å². The van der Waals surface area contributed by atoms with Gasteiger partial charge in [-0.05, 0) is 0 Å². The summed E-state index contributed by atoms with van der Waals surface area (Å²) < 4.78 is 0. The monoisotopic (exact) mass is 167 g/mol. The van der Waals surface area contributed by atoms with E-state index in [4.69, 9.17) is 11.5 Å². The Morgan fingerprint density at radius 2 is 2.33 bits per heavy atom. The molecule has 0 aromatic carbocycles. The molecule has 12 heavy (non-hydrogen) atoms. The molecule has 0 aliphatic carbocycles. The number of nitrogens with zero attached hydrogens (tertiary/aromatic N) is 2. The highest BCUT2D eigenvalue weighted by Gasteiger charge is 2.08. The third-order valence-corrected chi connectivity index (χ3v) is 1.31. The van der Waals surface area contributed by atoms with Crippen molar-refractivity contribution in [1.82, 2.24) is 9.97 Å². The molecule has 0 aliphatic rings. The average Bonchev–Trinajstić information content (AvgIpc) is 2.03. The summed E-state index contributed by atoms with van der Waals surface area (Å²) in [7, 11) is 1.62. The van der Waals surface area contributed by atoms with Crippen molar-refractivity contribution in [2.75, 3.05) is 18.1 Å². The highest BCUT2D eigenvalue weighted by atomic mass is 16.1. The van der Waals surface area contributed by atoms with Crippen molar-refractivity contribution < 1.29 is 4.79 Å². The number of carbonyl (C=O) groups excluding carboxylic acids is 1. The molecule has 0 aliphatic heterocycles. The fraction of sp³-hybridized carbons (Fsp3) is 0.167. The highest BCUT2D eigenvalue weighted by Crippen LogP contribution is 2.10. The normalized spacial score (nSPS) is 9.42. The molecule has 1 rings (SSSR count). The molecule has 1 heterocycles. The van der Waals surface area contributed by atoms with Crippen LogP contribution < -0.4 is 16.8 Å². The van der Waals surface area contributed by atoms with Gasteiger partial charge in [0.05, 0.1) is 5.56 Å². The Bertz CT molecular complexity index is 311. The predicted molar refractivity (Wildman–Crippen MR) is 44.5 cm³/mol. The molecule has 5 N–H and O–H groups in total. The molecule has 1 amide bonds. The quantitative estimate of drug-likeness (QED) is 0.534. The molecule has 0 saturated carbocycles. The lowest BCUT2D eigenvalue weighted by Crippen LogP contribution is -2.15. The Balaban J connectivity index is 3.20. The summed E-state index contributed by atoms with van der Waals surface area (Å²) in [4.78, 5) is 18.2. The van der Waals surface area contributed by atoms with Gasteiger partial charge in [0.1, 0.15) is 5.82 Å².